The molecular formula is C28H35ClN2O3. The predicted molar refractivity (Wildman–Crippen MR) is 141 cm³/mol. The fourth-order valence-electron chi connectivity index (χ4n) is 4.25. The molecule has 1 heterocycles. The van der Waals surface area contributed by atoms with Crippen LogP contribution < -0.4 is 19.1 Å². The first-order valence-corrected chi connectivity index (χ1v) is 11.6. The highest BCUT2D eigenvalue weighted by atomic mass is 35.5. The van der Waals surface area contributed by atoms with E-state index in [1.165, 1.54) is 16.8 Å². The number of ether oxygens (including phenoxy) is 3. The van der Waals surface area contributed by atoms with Crippen molar-refractivity contribution in [1.82, 2.24) is 4.90 Å². The van der Waals surface area contributed by atoms with Crippen LogP contribution in [0, 0.1) is 6.92 Å². The second kappa shape index (κ2) is 12.5. The molecule has 5 nitrogen and oxygen atoms in total. The van der Waals surface area contributed by atoms with Crippen LogP contribution >= 0.6 is 12.4 Å². The van der Waals surface area contributed by atoms with Gasteiger partial charge in [0, 0.05) is 56.6 Å². The van der Waals surface area contributed by atoms with Crippen molar-refractivity contribution >= 4 is 18.1 Å². The molecule has 0 atom stereocenters. The quantitative estimate of drug-likeness (QED) is 0.409. The lowest BCUT2D eigenvalue weighted by Gasteiger charge is -2.36. The van der Waals surface area contributed by atoms with E-state index in [-0.39, 0.29) is 12.4 Å². The Balaban J connectivity index is 0.00000324. The molecule has 34 heavy (non-hydrogen) atoms. The Morgan fingerprint density at radius 3 is 1.94 bits per heavy atom. The van der Waals surface area contributed by atoms with Gasteiger partial charge >= 0.3 is 0 Å². The number of methoxy groups -OCH3 is 2. The molecule has 182 valence electrons. The van der Waals surface area contributed by atoms with Gasteiger partial charge < -0.3 is 19.1 Å². The van der Waals surface area contributed by atoms with Gasteiger partial charge in [-0.3, -0.25) is 4.90 Å². The van der Waals surface area contributed by atoms with Gasteiger partial charge in [-0.05, 0) is 36.1 Å². The first-order valence-electron chi connectivity index (χ1n) is 11.6. The van der Waals surface area contributed by atoms with E-state index in [0.29, 0.717) is 6.61 Å². The van der Waals surface area contributed by atoms with Crippen molar-refractivity contribution in [1.29, 1.82) is 0 Å². The molecule has 6 heteroatoms. The largest absolute Gasteiger partial charge is 0.496 e. The second-order valence-electron chi connectivity index (χ2n) is 8.52. The fraction of sp³-hybridized carbons (Fsp3) is 0.357. The number of halogens is 1. The van der Waals surface area contributed by atoms with Gasteiger partial charge in [0.25, 0.3) is 0 Å². The summed E-state index contributed by atoms with van der Waals surface area (Å²) in [6.45, 7) is 8.23. The Bertz CT molecular complexity index is 1010. The summed E-state index contributed by atoms with van der Waals surface area (Å²) < 4.78 is 16.6. The maximum atomic E-state index is 5.95. The zero-order chi connectivity index (χ0) is 23.0. The van der Waals surface area contributed by atoms with Crippen LogP contribution in [0.3, 0.4) is 0 Å². The average molecular weight is 483 g/mol. The van der Waals surface area contributed by atoms with Crippen LogP contribution in [0.5, 0.6) is 17.2 Å². The highest BCUT2D eigenvalue weighted by Crippen LogP contribution is 2.28. The van der Waals surface area contributed by atoms with E-state index in [2.05, 4.69) is 65.3 Å². The Morgan fingerprint density at radius 2 is 1.32 bits per heavy atom. The van der Waals surface area contributed by atoms with Crippen LogP contribution in [0.15, 0.2) is 66.7 Å². The molecule has 0 N–H and O–H groups in total. The molecule has 0 radical (unpaired) electrons. The van der Waals surface area contributed by atoms with Gasteiger partial charge in [-0.1, -0.05) is 42.5 Å². The van der Waals surface area contributed by atoms with Crippen molar-refractivity contribution in [3.63, 3.8) is 0 Å². The van der Waals surface area contributed by atoms with Crippen molar-refractivity contribution in [2.75, 3.05) is 51.8 Å². The van der Waals surface area contributed by atoms with Crippen LogP contribution in [-0.2, 0) is 13.0 Å². The Hall–Kier alpha value is -2.89. The van der Waals surface area contributed by atoms with Gasteiger partial charge in [0.2, 0.25) is 0 Å². The smallest absolute Gasteiger partial charge is 0.127 e. The van der Waals surface area contributed by atoms with E-state index in [1.807, 2.05) is 18.2 Å². The van der Waals surface area contributed by atoms with Gasteiger partial charge in [-0.2, -0.15) is 0 Å². The summed E-state index contributed by atoms with van der Waals surface area (Å²) >= 11 is 0. The number of piperazine rings is 1. The number of nitrogens with zero attached hydrogens (tertiary/aromatic N) is 2. The topological polar surface area (TPSA) is 34.2 Å². The van der Waals surface area contributed by atoms with Gasteiger partial charge in [0.05, 0.1) is 14.2 Å². The lowest BCUT2D eigenvalue weighted by Crippen LogP contribution is -2.47. The van der Waals surface area contributed by atoms with Gasteiger partial charge in [0.15, 0.2) is 0 Å². The minimum absolute atomic E-state index is 0. The lowest BCUT2D eigenvalue weighted by atomic mass is 10.1. The molecule has 0 amide bonds. The zero-order valence-corrected chi connectivity index (χ0v) is 21.1. The molecule has 0 aromatic heterocycles. The summed E-state index contributed by atoms with van der Waals surface area (Å²) in [5, 5.41) is 0. The van der Waals surface area contributed by atoms with Crippen molar-refractivity contribution in [3.8, 4) is 17.2 Å². The summed E-state index contributed by atoms with van der Waals surface area (Å²) in [6, 6.07) is 23.0. The minimum atomic E-state index is 0. The summed E-state index contributed by atoms with van der Waals surface area (Å²) in [6.07, 6.45) is 1.07. The number of hydrogen-bond acceptors (Lipinski definition) is 5. The number of benzene rings is 3. The van der Waals surface area contributed by atoms with Gasteiger partial charge in [-0.25, -0.2) is 0 Å². The fourth-order valence-corrected chi connectivity index (χ4v) is 4.25. The number of para-hydroxylation sites is 1. The van der Waals surface area contributed by atoms with Crippen LogP contribution in [0.4, 0.5) is 5.69 Å². The van der Waals surface area contributed by atoms with Gasteiger partial charge in [0.1, 0.15) is 23.9 Å². The van der Waals surface area contributed by atoms with Crippen LogP contribution in [0.25, 0.3) is 0 Å². The number of aryl methyl sites for hydroxylation is 1. The monoisotopic (exact) mass is 482 g/mol. The SMILES string of the molecule is COc1cc(OC)cc(OCc2ccc(CCN3CCN(c4ccccc4C)CC3)cc2)c1.Cl. The molecule has 3 aromatic carbocycles. The lowest BCUT2D eigenvalue weighted by molar-refractivity contribution is 0.261. The summed E-state index contributed by atoms with van der Waals surface area (Å²) in [5.41, 5.74) is 5.25. The third kappa shape index (κ3) is 6.81. The van der Waals surface area contributed by atoms with Crippen LogP contribution in [-0.4, -0.2) is 51.8 Å². The first kappa shape index (κ1) is 25.7. The zero-order valence-electron chi connectivity index (χ0n) is 20.3. The molecule has 1 aliphatic rings. The third-order valence-electron chi connectivity index (χ3n) is 6.30. The number of rotatable bonds is 9. The summed E-state index contributed by atoms with van der Waals surface area (Å²) in [7, 11) is 3.28. The predicted octanol–water partition coefficient (Wildman–Crippen LogP) is 5.38. The molecule has 1 fully saturated rings. The van der Waals surface area contributed by atoms with Crippen molar-refractivity contribution in [2.24, 2.45) is 0 Å². The molecule has 0 unspecified atom stereocenters. The molecule has 0 bridgehead atoms. The van der Waals surface area contributed by atoms with Crippen LogP contribution in [0.1, 0.15) is 16.7 Å². The highest BCUT2D eigenvalue weighted by molar-refractivity contribution is 5.85. The van der Waals surface area contributed by atoms with Crippen molar-refractivity contribution in [3.05, 3.63) is 83.4 Å². The van der Waals surface area contributed by atoms with Crippen LogP contribution in [0.2, 0.25) is 0 Å². The Labute approximate surface area is 209 Å². The van der Waals surface area contributed by atoms with E-state index in [9.17, 15) is 0 Å². The molecule has 1 aliphatic heterocycles. The number of hydrogen-bond donors (Lipinski definition) is 0. The molecule has 1 saturated heterocycles. The number of anilines is 1. The average Bonchev–Trinajstić information content (AvgIpc) is 2.87. The molecule has 0 spiro atoms. The Morgan fingerprint density at radius 1 is 0.735 bits per heavy atom. The summed E-state index contributed by atoms with van der Waals surface area (Å²) in [5.74, 6) is 2.18. The molecule has 3 aromatic rings. The van der Waals surface area contributed by atoms with E-state index in [4.69, 9.17) is 14.2 Å². The van der Waals surface area contributed by atoms with E-state index < -0.39 is 0 Å². The third-order valence-corrected chi connectivity index (χ3v) is 6.30. The summed E-state index contributed by atoms with van der Waals surface area (Å²) in [4.78, 5) is 5.08. The van der Waals surface area contributed by atoms with Gasteiger partial charge in [-0.15, -0.1) is 12.4 Å². The minimum Gasteiger partial charge on any atom is -0.496 e. The molecule has 0 saturated carbocycles. The second-order valence-corrected chi connectivity index (χ2v) is 8.52. The van der Waals surface area contributed by atoms with E-state index >= 15 is 0 Å². The van der Waals surface area contributed by atoms with Crippen molar-refractivity contribution in [2.45, 2.75) is 20.0 Å². The maximum Gasteiger partial charge on any atom is 0.127 e. The standard InChI is InChI=1S/C28H34N2O3.ClH/c1-22-6-4-5-7-28(22)30-16-14-29(15-17-30)13-12-23-8-10-24(11-9-23)21-33-27-19-25(31-2)18-26(20-27)32-3;/h4-11,18-20H,12-17,21H2,1-3H3;1H. The Kier molecular flexibility index (Phi) is 9.49. The first-order chi connectivity index (χ1) is 16.1. The van der Waals surface area contributed by atoms with E-state index in [0.717, 1.165) is 62.0 Å². The highest BCUT2D eigenvalue weighted by Gasteiger charge is 2.17. The molecule has 0 aliphatic carbocycles. The van der Waals surface area contributed by atoms with E-state index in [1.54, 1.807) is 14.2 Å². The molecule has 4 rings (SSSR count). The molecular weight excluding hydrogens is 448 g/mol. The maximum absolute atomic E-state index is 5.95. The normalized spacial score (nSPS) is 13.8. The van der Waals surface area contributed by atoms with Crippen molar-refractivity contribution < 1.29 is 14.2 Å².